The van der Waals surface area contributed by atoms with Crippen LogP contribution in [0.4, 0.5) is 5.69 Å². The number of β-amino-alcohol motifs (C(OH)–C–C–N with tert-alkyl or cyclic N) is 1. The molecule has 6 heteroatoms. The molecule has 2 atom stereocenters. The Bertz CT molecular complexity index is 718. The van der Waals surface area contributed by atoms with E-state index in [1.165, 1.54) is 0 Å². The molecule has 27 heavy (non-hydrogen) atoms. The highest BCUT2D eigenvalue weighted by atomic mass is 35.5. The summed E-state index contributed by atoms with van der Waals surface area (Å²) in [5.74, 6) is 0. The molecule has 0 spiro atoms. The van der Waals surface area contributed by atoms with E-state index in [9.17, 15) is 5.11 Å². The van der Waals surface area contributed by atoms with Gasteiger partial charge in [0, 0.05) is 37.7 Å². The molecule has 2 unspecified atom stereocenters. The number of piperazine rings is 1. The highest BCUT2D eigenvalue weighted by molar-refractivity contribution is 6.33. The largest absolute Gasteiger partial charge is 0.389 e. The van der Waals surface area contributed by atoms with Crippen molar-refractivity contribution < 1.29 is 9.84 Å². The van der Waals surface area contributed by atoms with Gasteiger partial charge < -0.3 is 14.7 Å². The minimum Gasteiger partial charge on any atom is -0.389 e. The summed E-state index contributed by atoms with van der Waals surface area (Å²) in [5, 5.41) is 11.8. The fraction of sp³-hybridized carbons (Fsp3) is 0.429. The van der Waals surface area contributed by atoms with E-state index >= 15 is 0 Å². The lowest BCUT2D eigenvalue weighted by Crippen LogP contribution is -2.49. The first-order valence-corrected chi connectivity index (χ1v) is 10.1. The predicted octanol–water partition coefficient (Wildman–Crippen LogP) is 4.25. The molecular formula is C21H26Cl2N2O2. The average molecular weight is 409 g/mol. The lowest BCUT2D eigenvalue weighted by Gasteiger charge is -2.37. The van der Waals surface area contributed by atoms with E-state index in [1.54, 1.807) is 0 Å². The van der Waals surface area contributed by atoms with Crippen molar-refractivity contribution in [2.75, 3.05) is 44.2 Å². The first kappa shape index (κ1) is 20.4. The number of anilines is 1. The van der Waals surface area contributed by atoms with Crippen LogP contribution in [0.25, 0.3) is 0 Å². The van der Waals surface area contributed by atoms with Crippen molar-refractivity contribution >= 4 is 28.9 Å². The van der Waals surface area contributed by atoms with Gasteiger partial charge >= 0.3 is 0 Å². The van der Waals surface area contributed by atoms with Crippen molar-refractivity contribution in [2.24, 2.45) is 0 Å². The van der Waals surface area contributed by atoms with Gasteiger partial charge in [0.15, 0.2) is 0 Å². The van der Waals surface area contributed by atoms with Crippen LogP contribution in [0.2, 0.25) is 10.0 Å². The minimum absolute atomic E-state index is 0.0750. The molecule has 1 N–H and O–H groups in total. The second-order valence-corrected chi connectivity index (χ2v) is 7.76. The lowest BCUT2D eigenvalue weighted by atomic mass is 10.1. The second kappa shape index (κ2) is 9.76. The van der Waals surface area contributed by atoms with E-state index in [2.05, 4.69) is 15.9 Å². The Morgan fingerprint density at radius 3 is 2.33 bits per heavy atom. The number of halogens is 2. The fourth-order valence-electron chi connectivity index (χ4n) is 3.32. The maximum atomic E-state index is 10.3. The third-order valence-electron chi connectivity index (χ3n) is 4.91. The van der Waals surface area contributed by atoms with E-state index < -0.39 is 6.10 Å². The van der Waals surface area contributed by atoms with Gasteiger partial charge in [0.25, 0.3) is 0 Å². The van der Waals surface area contributed by atoms with Crippen LogP contribution >= 0.6 is 23.2 Å². The number of hydrogen-bond donors (Lipinski definition) is 1. The molecule has 1 heterocycles. The molecule has 0 amide bonds. The normalized spacial score (nSPS) is 17.7. The van der Waals surface area contributed by atoms with Gasteiger partial charge in [0.2, 0.25) is 0 Å². The molecule has 0 aliphatic carbocycles. The first-order valence-electron chi connectivity index (χ1n) is 9.30. The molecule has 2 aromatic carbocycles. The number of benzene rings is 2. The molecule has 1 aliphatic heterocycles. The Hall–Kier alpha value is -1.30. The van der Waals surface area contributed by atoms with Crippen LogP contribution in [0.15, 0.2) is 48.5 Å². The fourth-order valence-corrected chi connectivity index (χ4v) is 3.70. The molecular weight excluding hydrogens is 383 g/mol. The summed E-state index contributed by atoms with van der Waals surface area (Å²) in [6.07, 6.45) is -0.583. The highest BCUT2D eigenvalue weighted by Gasteiger charge is 2.21. The maximum absolute atomic E-state index is 10.3. The summed E-state index contributed by atoms with van der Waals surface area (Å²) >= 11 is 12.2. The van der Waals surface area contributed by atoms with Crippen LogP contribution in [-0.4, -0.2) is 55.4 Å². The quantitative estimate of drug-likeness (QED) is 0.742. The molecule has 1 saturated heterocycles. The smallest absolute Gasteiger partial charge is 0.0900 e. The summed E-state index contributed by atoms with van der Waals surface area (Å²) in [4.78, 5) is 4.57. The van der Waals surface area contributed by atoms with Gasteiger partial charge in [0.1, 0.15) is 0 Å². The van der Waals surface area contributed by atoms with Gasteiger partial charge in [-0.1, -0.05) is 47.5 Å². The molecule has 0 radical (unpaired) electrons. The third kappa shape index (κ3) is 5.84. The summed E-state index contributed by atoms with van der Waals surface area (Å²) in [6, 6.07) is 15.5. The lowest BCUT2D eigenvalue weighted by molar-refractivity contribution is -0.0162. The first-order chi connectivity index (χ1) is 13.0. The molecule has 0 saturated carbocycles. The van der Waals surface area contributed by atoms with Crippen LogP contribution in [0, 0.1) is 0 Å². The van der Waals surface area contributed by atoms with Crippen LogP contribution in [-0.2, 0) is 4.74 Å². The molecule has 2 aromatic rings. The SMILES string of the molecule is CC(OCC(O)CN1CCN(c2ccccc2Cl)CC1)c1ccc(Cl)cc1. The van der Waals surface area contributed by atoms with Crippen LogP contribution in [0.5, 0.6) is 0 Å². The van der Waals surface area contributed by atoms with Crippen molar-refractivity contribution in [2.45, 2.75) is 19.1 Å². The monoisotopic (exact) mass is 408 g/mol. The standard InChI is InChI=1S/C21H26Cl2N2O2/c1-16(17-6-8-18(22)9-7-17)27-15-19(26)14-24-10-12-25(13-11-24)21-5-3-2-4-20(21)23/h2-9,16,19,26H,10-15H2,1H3. The minimum atomic E-state index is -0.508. The number of para-hydroxylation sites is 1. The molecule has 146 valence electrons. The van der Waals surface area contributed by atoms with Gasteiger partial charge in [-0.15, -0.1) is 0 Å². The van der Waals surface area contributed by atoms with Gasteiger partial charge in [-0.05, 0) is 36.8 Å². The van der Waals surface area contributed by atoms with Crippen LogP contribution < -0.4 is 4.90 Å². The molecule has 4 nitrogen and oxygen atoms in total. The topological polar surface area (TPSA) is 35.9 Å². The Labute approximate surface area is 171 Å². The molecule has 1 fully saturated rings. The second-order valence-electron chi connectivity index (χ2n) is 6.92. The Balaban J connectivity index is 1.41. The van der Waals surface area contributed by atoms with Crippen molar-refractivity contribution in [1.29, 1.82) is 0 Å². The van der Waals surface area contributed by atoms with E-state index in [0.29, 0.717) is 18.2 Å². The van der Waals surface area contributed by atoms with Gasteiger partial charge in [-0.3, -0.25) is 4.90 Å². The zero-order valence-corrected chi connectivity index (χ0v) is 17.0. The Kier molecular flexibility index (Phi) is 7.39. The molecule has 1 aliphatic rings. The van der Waals surface area contributed by atoms with Crippen molar-refractivity contribution in [1.82, 2.24) is 4.90 Å². The number of nitrogens with zero attached hydrogens (tertiary/aromatic N) is 2. The van der Waals surface area contributed by atoms with E-state index in [-0.39, 0.29) is 6.10 Å². The van der Waals surface area contributed by atoms with Crippen molar-refractivity contribution in [3.05, 3.63) is 64.1 Å². The maximum Gasteiger partial charge on any atom is 0.0900 e. The van der Waals surface area contributed by atoms with Gasteiger partial charge in [-0.25, -0.2) is 0 Å². The molecule has 3 rings (SSSR count). The van der Waals surface area contributed by atoms with Crippen LogP contribution in [0.3, 0.4) is 0 Å². The molecule has 0 aromatic heterocycles. The summed E-state index contributed by atoms with van der Waals surface area (Å²) in [6.45, 7) is 6.51. The number of rotatable bonds is 7. The zero-order chi connectivity index (χ0) is 19.2. The number of ether oxygens (including phenoxy) is 1. The Morgan fingerprint density at radius 1 is 1.00 bits per heavy atom. The number of aliphatic hydroxyl groups excluding tert-OH is 1. The summed E-state index contributed by atoms with van der Waals surface area (Å²) < 4.78 is 5.83. The third-order valence-corrected chi connectivity index (χ3v) is 5.48. The zero-order valence-electron chi connectivity index (χ0n) is 15.5. The summed E-state index contributed by atoms with van der Waals surface area (Å²) in [7, 11) is 0. The van der Waals surface area contributed by atoms with Gasteiger partial charge in [-0.2, -0.15) is 0 Å². The van der Waals surface area contributed by atoms with E-state index in [1.807, 2.05) is 49.4 Å². The van der Waals surface area contributed by atoms with E-state index in [0.717, 1.165) is 42.5 Å². The van der Waals surface area contributed by atoms with Crippen LogP contribution in [0.1, 0.15) is 18.6 Å². The number of aliphatic hydroxyl groups is 1. The summed E-state index contributed by atoms with van der Waals surface area (Å²) in [5.41, 5.74) is 2.14. The Morgan fingerprint density at radius 2 is 1.67 bits per heavy atom. The molecule has 0 bridgehead atoms. The number of hydrogen-bond acceptors (Lipinski definition) is 4. The van der Waals surface area contributed by atoms with E-state index in [4.69, 9.17) is 27.9 Å². The average Bonchev–Trinajstić information content (AvgIpc) is 2.68. The van der Waals surface area contributed by atoms with Gasteiger partial charge in [0.05, 0.1) is 29.5 Å². The van der Waals surface area contributed by atoms with Crippen molar-refractivity contribution in [3.8, 4) is 0 Å². The predicted molar refractivity (Wildman–Crippen MR) is 112 cm³/mol. The highest BCUT2D eigenvalue weighted by Crippen LogP contribution is 2.26. The van der Waals surface area contributed by atoms with Crippen molar-refractivity contribution in [3.63, 3.8) is 0 Å².